The van der Waals surface area contributed by atoms with Crippen molar-refractivity contribution in [3.05, 3.63) is 53.9 Å². The van der Waals surface area contributed by atoms with E-state index in [1.54, 1.807) is 18.3 Å². The van der Waals surface area contributed by atoms with Gasteiger partial charge in [-0.1, -0.05) is 5.92 Å². The fourth-order valence-electron chi connectivity index (χ4n) is 2.51. The largest absolute Gasteiger partial charge is 0.491 e. The lowest BCUT2D eigenvalue weighted by Crippen LogP contribution is -2.38. The summed E-state index contributed by atoms with van der Waals surface area (Å²) in [5.74, 6) is 6.81. The zero-order valence-electron chi connectivity index (χ0n) is 14.5. The molecule has 0 atom stereocenters. The molecule has 1 aliphatic rings. The molecule has 1 amide bonds. The quantitative estimate of drug-likeness (QED) is 0.635. The second-order valence-corrected chi connectivity index (χ2v) is 5.77. The number of benzene rings is 1. The van der Waals surface area contributed by atoms with Crippen LogP contribution in [-0.4, -0.2) is 55.7 Å². The third kappa shape index (κ3) is 5.59. The summed E-state index contributed by atoms with van der Waals surface area (Å²) < 4.78 is 11.1. The minimum Gasteiger partial charge on any atom is -0.491 e. The summed E-state index contributed by atoms with van der Waals surface area (Å²) in [4.78, 5) is 17.0. The lowest BCUT2D eigenvalue weighted by molar-refractivity contribution is -0.105. The molecule has 0 unspecified atom stereocenters. The average molecular weight is 351 g/mol. The van der Waals surface area contributed by atoms with Crippen LogP contribution < -0.4 is 10.1 Å². The maximum Gasteiger partial charge on any atom is 0.211 e. The Labute approximate surface area is 153 Å². The van der Waals surface area contributed by atoms with Gasteiger partial charge in [0.1, 0.15) is 18.1 Å². The maximum atomic E-state index is 10.4. The number of amides is 1. The zero-order valence-corrected chi connectivity index (χ0v) is 14.5. The topological polar surface area (TPSA) is 63.7 Å². The Morgan fingerprint density at radius 1 is 1.15 bits per heavy atom. The van der Waals surface area contributed by atoms with Gasteiger partial charge in [-0.25, -0.2) is 4.98 Å². The summed E-state index contributed by atoms with van der Waals surface area (Å²) in [5.41, 5.74) is 2.27. The van der Waals surface area contributed by atoms with Crippen LogP contribution in [0.15, 0.2) is 42.6 Å². The number of aromatic nitrogens is 1. The molecular weight excluding hydrogens is 330 g/mol. The number of rotatable bonds is 6. The van der Waals surface area contributed by atoms with Crippen LogP contribution in [0.5, 0.6) is 5.75 Å². The van der Waals surface area contributed by atoms with Gasteiger partial charge in [0, 0.05) is 30.9 Å². The summed E-state index contributed by atoms with van der Waals surface area (Å²) >= 11 is 0. The lowest BCUT2D eigenvalue weighted by atomic mass is 10.2. The van der Waals surface area contributed by atoms with Crippen molar-refractivity contribution in [2.45, 2.75) is 0 Å². The summed E-state index contributed by atoms with van der Waals surface area (Å²) in [5, 5.41) is 2.59. The molecule has 3 rings (SSSR count). The highest BCUT2D eigenvalue weighted by Gasteiger charge is 2.09. The first-order chi connectivity index (χ1) is 12.8. The van der Waals surface area contributed by atoms with Crippen molar-refractivity contribution in [1.82, 2.24) is 9.88 Å². The van der Waals surface area contributed by atoms with Crippen LogP contribution >= 0.6 is 0 Å². The Morgan fingerprint density at radius 2 is 1.96 bits per heavy atom. The van der Waals surface area contributed by atoms with Crippen molar-refractivity contribution >= 4 is 12.1 Å². The molecule has 26 heavy (non-hydrogen) atoms. The van der Waals surface area contributed by atoms with Gasteiger partial charge in [-0.05, 0) is 42.3 Å². The van der Waals surface area contributed by atoms with Crippen molar-refractivity contribution in [3.8, 4) is 17.6 Å². The van der Waals surface area contributed by atoms with Crippen LogP contribution in [0.3, 0.4) is 0 Å². The highest BCUT2D eigenvalue weighted by molar-refractivity contribution is 5.71. The van der Waals surface area contributed by atoms with E-state index in [9.17, 15) is 4.79 Å². The van der Waals surface area contributed by atoms with Crippen LogP contribution in [0.4, 0.5) is 5.69 Å². The van der Waals surface area contributed by atoms with E-state index >= 15 is 0 Å². The molecule has 6 heteroatoms. The van der Waals surface area contributed by atoms with Crippen molar-refractivity contribution in [2.75, 3.05) is 44.8 Å². The van der Waals surface area contributed by atoms with E-state index in [0.717, 1.165) is 49.8 Å². The van der Waals surface area contributed by atoms with E-state index in [-0.39, 0.29) is 0 Å². The first-order valence-electron chi connectivity index (χ1n) is 8.55. The number of ether oxygens (including phenoxy) is 2. The molecule has 2 heterocycles. The average Bonchev–Trinajstić information content (AvgIpc) is 2.70. The van der Waals surface area contributed by atoms with Crippen LogP contribution in [-0.2, 0) is 9.53 Å². The Morgan fingerprint density at radius 3 is 2.65 bits per heavy atom. The normalized spacial score (nSPS) is 14.2. The number of pyridine rings is 1. The van der Waals surface area contributed by atoms with E-state index in [1.807, 2.05) is 24.3 Å². The van der Waals surface area contributed by atoms with Crippen LogP contribution in [0.1, 0.15) is 11.3 Å². The molecule has 1 saturated heterocycles. The third-order valence-electron chi connectivity index (χ3n) is 3.96. The number of carbonyl (C=O) groups is 1. The molecule has 2 aromatic rings. The van der Waals surface area contributed by atoms with E-state index in [4.69, 9.17) is 9.47 Å². The Balaban J connectivity index is 1.48. The lowest BCUT2D eigenvalue weighted by Gasteiger charge is -2.26. The van der Waals surface area contributed by atoms with Gasteiger partial charge in [-0.3, -0.25) is 9.69 Å². The van der Waals surface area contributed by atoms with Gasteiger partial charge in [0.05, 0.1) is 19.4 Å². The molecule has 1 aliphatic heterocycles. The van der Waals surface area contributed by atoms with Crippen molar-refractivity contribution in [3.63, 3.8) is 0 Å². The minimum atomic E-state index is 0.633. The fraction of sp³-hybridized carbons (Fsp3) is 0.300. The first-order valence-corrected chi connectivity index (χ1v) is 8.55. The number of nitrogens with one attached hydrogen (secondary N) is 1. The number of anilines is 1. The fourth-order valence-corrected chi connectivity index (χ4v) is 2.51. The van der Waals surface area contributed by atoms with Crippen molar-refractivity contribution in [2.24, 2.45) is 0 Å². The summed E-state index contributed by atoms with van der Waals surface area (Å²) in [6, 6.07) is 11.0. The Kier molecular flexibility index (Phi) is 6.59. The molecule has 0 aliphatic carbocycles. The van der Waals surface area contributed by atoms with Crippen molar-refractivity contribution in [1.29, 1.82) is 0 Å². The number of hydrogen-bond donors (Lipinski definition) is 1. The predicted molar refractivity (Wildman–Crippen MR) is 99.1 cm³/mol. The highest BCUT2D eigenvalue weighted by Crippen LogP contribution is 2.10. The number of carbonyl (C=O) groups excluding carboxylic acids is 1. The standard InChI is InChI=1S/C20H21N3O3/c24-16-22-19-5-2-17(3-6-19)1-4-18-7-8-20(15-21-18)26-14-11-23-9-12-25-13-10-23/h2-3,5-8,15-16H,9-14H2,(H,22,24). The first kappa shape index (κ1) is 17.9. The zero-order chi connectivity index (χ0) is 18.0. The van der Waals surface area contributed by atoms with Gasteiger partial charge in [-0.15, -0.1) is 0 Å². The Hall–Kier alpha value is -2.88. The number of morpholine rings is 1. The molecule has 134 valence electrons. The van der Waals surface area contributed by atoms with E-state index in [0.29, 0.717) is 18.7 Å². The maximum absolute atomic E-state index is 10.4. The van der Waals surface area contributed by atoms with Crippen molar-refractivity contribution < 1.29 is 14.3 Å². The molecule has 6 nitrogen and oxygen atoms in total. The minimum absolute atomic E-state index is 0.633. The summed E-state index contributed by atoms with van der Waals surface area (Å²) in [6.07, 6.45) is 2.34. The number of nitrogens with zero attached hydrogens (tertiary/aromatic N) is 2. The third-order valence-corrected chi connectivity index (χ3v) is 3.96. The van der Waals surface area contributed by atoms with Crippen LogP contribution in [0.25, 0.3) is 0 Å². The second-order valence-electron chi connectivity index (χ2n) is 5.77. The highest BCUT2D eigenvalue weighted by atomic mass is 16.5. The number of hydrogen-bond acceptors (Lipinski definition) is 5. The molecule has 1 N–H and O–H groups in total. The molecule has 0 radical (unpaired) electrons. The molecule has 0 saturated carbocycles. The molecule has 1 aromatic carbocycles. The molecule has 0 spiro atoms. The van der Waals surface area contributed by atoms with E-state index < -0.39 is 0 Å². The predicted octanol–water partition coefficient (Wildman–Crippen LogP) is 1.76. The SMILES string of the molecule is O=CNc1ccc(C#Cc2ccc(OCCN3CCOCC3)cn2)cc1. The van der Waals surface area contributed by atoms with E-state index in [2.05, 4.69) is 27.0 Å². The van der Waals surface area contributed by atoms with Gasteiger partial charge in [0.25, 0.3) is 0 Å². The smallest absolute Gasteiger partial charge is 0.211 e. The molecular formula is C20H21N3O3. The summed E-state index contributed by atoms with van der Waals surface area (Å²) in [6.45, 7) is 5.04. The van der Waals surface area contributed by atoms with Gasteiger partial charge in [0.2, 0.25) is 6.41 Å². The van der Waals surface area contributed by atoms with Gasteiger partial charge >= 0.3 is 0 Å². The monoisotopic (exact) mass is 351 g/mol. The van der Waals surface area contributed by atoms with Crippen LogP contribution in [0, 0.1) is 11.8 Å². The van der Waals surface area contributed by atoms with Crippen LogP contribution in [0.2, 0.25) is 0 Å². The second kappa shape index (κ2) is 9.56. The molecule has 1 aromatic heterocycles. The van der Waals surface area contributed by atoms with Gasteiger partial charge in [-0.2, -0.15) is 0 Å². The van der Waals surface area contributed by atoms with E-state index in [1.165, 1.54) is 0 Å². The Bertz CT molecular complexity index is 758. The molecule has 1 fully saturated rings. The summed E-state index contributed by atoms with van der Waals surface area (Å²) in [7, 11) is 0. The van der Waals surface area contributed by atoms with Gasteiger partial charge in [0.15, 0.2) is 0 Å². The van der Waals surface area contributed by atoms with Gasteiger partial charge < -0.3 is 14.8 Å². The molecule has 0 bridgehead atoms.